The minimum Gasteiger partial charge on any atom is -0.493 e. The summed E-state index contributed by atoms with van der Waals surface area (Å²) in [7, 11) is 3.08. The maximum Gasteiger partial charge on any atom is 0.254 e. The van der Waals surface area contributed by atoms with Crippen molar-refractivity contribution in [2.24, 2.45) is 0 Å². The van der Waals surface area contributed by atoms with Gasteiger partial charge in [0.15, 0.2) is 11.5 Å². The molecule has 1 saturated heterocycles. The summed E-state index contributed by atoms with van der Waals surface area (Å²) in [6.45, 7) is 3.04. The molecule has 1 aromatic heterocycles. The fourth-order valence-corrected chi connectivity index (χ4v) is 4.02. The zero-order valence-electron chi connectivity index (χ0n) is 16.4. The molecule has 150 valence electrons. The maximum absolute atomic E-state index is 13.0. The highest BCUT2D eigenvalue weighted by Crippen LogP contribution is 2.29. The topological polar surface area (TPSA) is 80.8 Å². The summed E-state index contributed by atoms with van der Waals surface area (Å²) in [5.41, 5.74) is 1.46. The monoisotopic (exact) mass is 403 g/mol. The minimum absolute atomic E-state index is 0.113. The summed E-state index contributed by atoms with van der Waals surface area (Å²) in [6.07, 6.45) is 2.16. The molecule has 0 aliphatic carbocycles. The van der Waals surface area contributed by atoms with Gasteiger partial charge in [0.05, 0.1) is 24.9 Å². The van der Waals surface area contributed by atoms with E-state index < -0.39 is 6.04 Å². The Morgan fingerprint density at radius 3 is 2.75 bits per heavy atom. The highest BCUT2D eigenvalue weighted by molar-refractivity contribution is 7.09. The first-order valence-corrected chi connectivity index (χ1v) is 10.1. The Labute approximate surface area is 168 Å². The van der Waals surface area contributed by atoms with Crippen molar-refractivity contribution >= 4 is 23.2 Å². The lowest BCUT2D eigenvalue weighted by molar-refractivity contribution is -0.124. The second kappa shape index (κ2) is 9.05. The van der Waals surface area contributed by atoms with Crippen LogP contribution in [0.5, 0.6) is 11.5 Å². The smallest absolute Gasteiger partial charge is 0.254 e. The van der Waals surface area contributed by atoms with Gasteiger partial charge in [0.1, 0.15) is 6.04 Å². The number of nitrogens with one attached hydrogen (secondary N) is 1. The van der Waals surface area contributed by atoms with Crippen molar-refractivity contribution in [1.82, 2.24) is 15.2 Å². The summed E-state index contributed by atoms with van der Waals surface area (Å²) in [4.78, 5) is 31.7. The van der Waals surface area contributed by atoms with Crippen molar-refractivity contribution in [3.8, 4) is 11.5 Å². The summed E-state index contributed by atoms with van der Waals surface area (Å²) in [5, 5.41) is 5.97. The van der Waals surface area contributed by atoms with E-state index in [4.69, 9.17) is 9.47 Å². The van der Waals surface area contributed by atoms with E-state index in [1.807, 2.05) is 12.3 Å². The second-order valence-corrected chi connectivity index (χ2v) is 7.69. The molecular weight excluding hydrogens is 378 g/mol. The number of thiazole rings is 1. The molecule has 28 heavy (non-hydrogen) atoms. The molecule has 1 aliphatic rings. The van der Waals surface area contributed by atoms with Gasteiger partial charge in [0, 0.05) is 30.5 Å². The fourth-order valence-electron chi connectivity index (χ4n) is 3.37. The number of benzene rings is 1. The lowest BCUT2D eigenvalue weighted by Gasteiger charge is -2.24. The number of rotatable bonds is 7. The largest absolute Gasteiger partial charge is 0.493 e. The summed E-state index contributed by atoms with van der Waals surface area (Å²) >= 11 is 1.60. The fraction of sp³-hybridized carbons (Fsp3) is 0.450. The molecule has 1 aromatic carbocycles. The Morgan fingerprint density at radius 1 is 1.29 bits per heavy atom. The van der Waals surface area contributed by atoms with Gasteiger partial charge >= 0.3 is 0 Å². The molecule has 2 amide bonds. The molecule has 1 atom stereocenters. The SMILES string of the molecule is COc1ccc(C(=O)N2CCCC2C(=O)NCCc2csc(C)n2)cc1OC. The quantitative estimate of drug-likeness (QED) is 0.768. The predicted octanol–water partition coefficient (Wildman–Crippen LogP) is 2.43. The van der Waals surface area contributed by atoms with Gasteiger partial charge in [-0.1, -0.05) is 0 Å². The number of amides is 2. The normalized spacial score (nSPS) is 16.1. The van der Waals surface area contributed by atoms with Gasteiger partial charge in [-0.3, -0.25) is 9.59 Å². The third-order valence-corrected chi connectivity index (χ3v) is 5.62. The van der Waals surface area contributed by atoms with Crippen LogP contribution in [0.1, 0.15) is 33.9 Å². The van der Waals surface area contributed by atoms with E-state index in [0.29, 0.717) is 43.0 Å². The molecule has 1 fully saturated rings. The molecule has 0 saturated carbocycles. The van der Waals surface area contributed by atoms with Crippen molar-refractivity contribution in [3.05, 3.63) is 39.8 Å². The zero-order valence-corrected chi connectivity index (χ0v) is 17.2. The first-order chi connectivity index (χ1) is 13.5. The van der Waals surface area contributed by atoms with Crippen molar-refractivity contribution < 1.29 is 19.1 Å². The van der Waals surface area contributed by atoms with Crippen LogP contribution in [0.15, 0.2) is 23.6 Å². The average molecular weight is 404 g/mol. The number of hydrogen-bond donors (Lipinski definition) is 1. The lowest BCUT2D eigenvalue weighted by atomic mass is 10.1. The number of nitrogens with zero attached hydrogens (tertiary/aromatic N) is 2. The molecule has 0 spiro atoms. The molecule has 1 N–H and O–H groups in total. The van der Waals surface area contributed by atoms with Crippen LogP contribution >= 0.6 is 11.3 Å². The predicted molar refractivity (Wildman–Crippen MR) is 107 cm³/mol. The molecular formula is C20H25N3O4S. The lowest BCUT2D eigenvalue weighted by Crippen LogP contribution is -2.46. The third-order valence-electron chi connectivity index (χ3n) is 4.79. The summed E-state index contributed by atoms with van der Waals surface area (Å²) < 4.78 is 10.5. The average Bonchev–Trinajstić information content (AvgIpc) is 3.35. The van der Waals surface area contributed by atoms with Crippen molar-refractivity contribution in [3.63, 3.8) is 0 Å². The Morgan fingerprint density at radius 2 is 2.07 bits per heavy atom. The van der Waals surface area contributed by atoms with Gasteiger partial charge in [-0.25, -0.2) is 4.98 Å². The standard InChI is InChI=1S/C20H25N3O4S/c1-13-22-15(12-28-13)8-9-21-19(24)16-5-4-10-23(16)20(25)14-6-7-17(26-2)18(11-14)27-3/h6-7,11-12,16H,4-5,8-10H2,1-3H3,(H,21,24). The van der Waals surface area contributed by atoms with Crippen molar-refractivity contribution in [1.29, 1.82) is 0 Å². The van der Waals surface area contributed by atoms with Crippen molar-refractivity contribution in [2.45, 2.75) is 32.2 Å². The van der Waals surface area contributed by atoms with Crippen LogP contribution in [-0.2, 0) is 11.2 Å². The van der Waals surface area contributed by atoms with Gasteiger partial charge in [0.25, 0.3) is 5.91 Å². The van der Waals surface area contributed by atoms with E-state index in [1.54, 1.807) is 41.5 Å². The Balaban J connectivity index is 1.63. The van der Waals surface area contributed by atoms with Crippen molar-refractivity contribution in [2.75, 3.05) is 27.3 Å². The number of methoxy groups -OCH3 is 2. The van der Waals surface area contributed by atoms with Crippen LogP contribution in [0, 0.1) is 6.92 Å². The van der Waals surface area contributed by atoms with Crippen LogP contribution in [0.25, 0.3) is 0 Å². The molecule has 1 unspecified atom stereocenters. The van der Waals surface area contributed by atoms with Gasteiger partial charge in [-0.2, -0.15) is 0 Å². The number of ether oxygens (including phenoxy) is 2. The van der Waals surface area contributed by atoms with E-state index in [9.17, 15) is 9.59 Å². The van der Waals surface area contributed by atoms with Crippen LogP contribution in [-0.4, -0.2) is 55.0 Å². The number of likely N-dealkylation sites (tertiary alicyclic amines) is 1. The molecule has 2 heterocycles. The van der Waals surface area contributed by atoms with E-state index in [2.05, 4.69) is 10.3 Å². The van der Waals surface area contributed by atoms with Crippen LogP contribution < -0.4 is 14.8 Å². The maximum atomic E-state index is 13.0. The molecule has 0 bridgehead atoms. The second-order valence-electron chi connectivity index (χ2n) is 6.63. The first kappa shape index (κ1) is 20.1. The van der Waals surface area contributed by atoms with E-state index >= 15 is 0 Å². The molecule has 1 aliphatic heterocycles. The number of aryl methyl sites for hydroxylation is 1. The number of carbonyl (C=O) groups is 2. The Kier molecular flexibility index (Phi) is 6.51. The van der Waals surface area contributed by atoms with Gasteiger partial charge in [0.2, 0.25) is 5.91 Å². The van der Waals surface area contributed by atoms with Gasteiger partial charge in [-0.05, 0) is 38.0 Å². The van der Waals surface area contributed by atoms with Crippen LogP contribution in [0.3, 0.4) is 0 Å². The number of aromatic nitrogens is 1. The van der Waals surface area contributed by atoms with E-state index in [1.165, 1.54) is 7.11 Å². The molecule has 8 heteroatoms. The third kappa shape index (κ3) is 4.44. The zero-order chi connectivity index (χ0) is 20.1. The molecule has 3 rings (SSSR count). The Hall–Kier alpha value is -2.61. The summed E-state index contributed by atoms with van der Waals surface area (Å²) in [6, 6.07) is 4.60. The van der Waals surface area contributed by atoms with E-state index in [-0.39, 0.29) is 11.8 Å². The highest BCUT2D eigenvalue weighted by atomic mass is 32.1. The Bertz CT molecular complexity index is 852. The number of hydrogen-bond acceptors (Lipinski definition) is 6. The van der Waals surface area contributed by atoms with Crippen LogP contribution in [0.2, 0.25) is 0 Å². The number of carbonyl (C=O) groups excluding carboxylic acids is 2. The molecule has 2 aromatic rings. The van der Waals surface area contributed by atoms with Gasteiger partial charge in [-0.15, -0.1) is 11.3 Å². The molecule has 7 nitrogen and oxygen atoms in total. The molecule has 0 radical (unpaired) electrons. The van der Waals surface area contributed by atoms with E-state index in [0.717, 1.165) is 17.1 Å². The van der Waals surface area contributed by atoms with Crippen LogP contribution in [0.4, 0.5) is 0 Å². The van der Waals surface area contributed by atoms with Gasteiger partial charge < -0.3 is 19.7 Å². The summed E-state index contributed by atoms with van der Waals surface area (Å²) in [5.74, 6) is 0.770. The highest BCUT2D eigenvalue weighted by Gasteiger charge is 2.34. The minimum atomic E-state index is -0.447. The first-order valence-electron chi connectivity index (χ1n) is 9.25.